The molecule has 7 nitrogen and oxygen atoms in total. The number of nitrogens with zero attached hydrogens (tertiary/aromatic N) is 1. The summed E-state index contributed by atoms with van der Waals surface area (Å²) in [7, 11) is 4.71. The number of aromatic nitrogens is 1. The number of pyridine rings is 1. The fourth-order valence-corrected chi connectivity index (χ4v) is 3.34. The van der Waals surface area contributed by atoms with Gasteiger partial charge in [0.15, 0.2) is 11.5 Å². The van der Waals surface area contributed by atoms with Crippen molar-refractivity contribution in [2.24, 2.45) is 5.73 Å². The number of ether oxygens (including phenoxy) is 3. The summed E-state index contributed by atoms with van der Waals surface area (Å²) < 4.78 is 16.3. The lowest BCUT2D eigenvalue weighted by molar-refractivity contribution is -0.120. The molecule has 0 saturated carbocycles. The van der Waals surface area contributed by atoms with E-state index in [0.29, 0.717) is 30.2 Å². The van der Waals surface area contributed by atoms with E-state index in [1.165, 1.54) is 0 Å². The van der Waals surface area contributed by atoms with E-state index in [0.717, 1.165) is 22.4 Å². The molecule has 1 aromatic heterocycles. The first-order chi connectivity index (χ1) is 15.0. The zero-order valence-corrected chi connectivity index (χ0v) is 17.9. The Bertz CT molecular complexity index is 999. The Morgan fingerprint density at radius 2 is 1.65 bits per heavy atom. The summed E-state index contributed by atoms with van der Waals surface area (Å²) >= 11 is 0. The van der Waals surface area contributed by atoms with Gasteiger partial charge in [0.05, 0.1) is 33.1 Å². The monoisotopic (exact) mass is 421 g/mol. The third-order valence-electron chi connectivity index (χ3n) is 4.96. The Morgan fingerprint density at radius 3 is 2.23 bits per heavy atom. The van der Waals surface area contributed by atoms with Crippen LogP contribution in [0, 0.1) is 0 Å². The minimum absolute atomic E-state index is 0.386. The standard InChI is InChI=1S/C24H27N3O4/c1-29-21-13-18(14-22(30-2)23(21)31-3)19-12-17(9-10-26-19)15-27-20(24(25)28)11-16-7-5-4-6-8-16/h4-10,12-14,20,27H,11,15H2,1-3H3,(H2,25,28)/t20-/m0/s1. The summed E-state index contributed by atoms with van der Waals surface area (Å²) in [6.07, 6.45) is 2.26. The van der Waals surface area contributed by atoms with Crippen molar-refractivity contribution in [3.05, 3.63) is 71.9 Å². The van der Waals surface area contributed by atoms with Crippen molar-refractivity contribution in [3.63, 3.8) is 0 Å². The number of methoxy groups -OCH3 is 3. The van der Waals surface area contributed by atoms with Gasteiger partial charge in [-0.05, 0) is 41.8 Å². The molecule has 0 unspecified atom stereocenters. The van der Waals surface area contributed by atoms with Gasteiger partial charge in [0.1, 0.15) is 0 Å². The molecule has 7 heteroatoms. The van der Waals surface area contributed by atoms with Crippen molar-refractivity contribution in [2.75, 3.05) is 21.3 Å². The maximum absolute atomic E-state index is 11.9. The minimum atomic E-state index is -0.472. The van der Waals surface area contributed by atoms with E-state index in [-0.39, 0.29) is 5.91 Å². The molecule has 0 saturated heterocycles. The SMILES string of the molecule is COc1cc(-c2cc(CN[C@@H](Cc3ccccc3)C(N)=O)ccn2)cc(OC)c1OC. The molecule has 31 heavy (non-hydrogen) atoms. The third kappa shape index (κ3) is 5.52. The van der Waals surface area contributed by atoms with Gasteiger partial charge in [0.2, 0.25) is 11.7 Å². The normalized spacial score (nSPS) is 11.6. The van der Waals surface area contributed by atoms with Gasteiger partial charge in [-0.25, -0.2) is 0 Å². The van der Waals surface area contributed by atoms with E-state index in [1.807, 2.05) is 54.6 Å². The van der Waals surface area contributed by atoms with Crippen LogP contribution < -0.4 is 25.3 Å². The molecule has 3 rings (SSSR count). The predicted molar refractivity (Wildman–Crippen MR) is 119 cm³/mol. The highest BCUT2D eigenvalue weighted by Gasteiger charge is 2.17. The molecule has 1 atom stereocenters. The number of hydrogen-bond donors (Lipinski definition) is 2. The number of nitrogens with one attached hydrogen (secondary N) is 1. The molecule has 3 aromatic rings. The molecule has 1 heterocycles. The van der Waals surface area contributed by atoms with Crippen LogP contribution in [-0.4, -0.2) is 38.3 Å². The molecule has 0 aliphatic carbocycles. The summed E-state index contributed by atoms with van der Waals surface area (Å²) in [5.41, 5.74) is 9.20. The lowest BCUT2D eigenvalue weighted by Crippen LogP contribution is -2.42. The van der Waals surface area contributed by atoms with Crippen LogP contribution in [0.5, 0.6) is 17.2 Å². The number of primary amides is 1. The Morgan fingerprint density at radius 1 is 0.968 bits per heavy atom. The van der Waals surface area contributed by atoms with Crippen molar-refractivity contribution in [3.8, 4) is 28.5 Å². The van der Waals surface area contributed by atoms with Crippen molar-refractivity contribution in [1.82, 2.24) is 10.3 Å². The van der Waals surface area contributed by atoms with Crippen LogP contribution in [0.25, 0.3) is 11.3 Å². The molecule has 162 valence electrons. The highest BCUT2D eigenvalue weighted by atomic mass is 16.5. The fourth-order valence-electron chi connectivity index (χ4n) is 3.34. The summed E-state index contributed by atoms with van der Waals surface area (Å²) in [6, 6.07) is 16.9. The maximum atomic E-state index is 11.9. The van der Waals surface area contributed by atoms with Crippen molar-refractivity contribution < 1.29 is 19.0 Å². The molecule has 0 spiro atoms. The lowest BCUT2D eigenvalue weighted by Gasteiger charge is -2.16. The first-order valence-electron chi connectivity index (χ1n) is 9.87. The van der Waals surface area contributed by atoms with Crippen molar-refractivity contribution >= 4 is 5.91 Å². The van der Waals surface area contributed by atoms with E-state index in [2.05, 4.69) is 10.3 Å². The summed E-state index contributed by atoms with van der Waals surface area (Å²) in [5.74, 6) is 1.25. The lowest BCUT2D eigenvalue weighted by atomic mass is 10.0. The first-order valence-corrected chi connectivity index (χ1v) is 9.87. The topological polar surface area (TPSA) is 95.7 Å². The third-order valence-corrected chi connectivity index (χ3v) is 4.96. The second-order valence-corrected chi connectivity index (χ2v) is 6.99. The Hall–Kier alpha value is -3.58. The molecule has 0 radical (unpaired) electrons. The average Bonchev–Trinajstić information content (AvgIpc) is 2.81. The van der Waals surface area contributed by atoms with Gasteiger partial charge in [0.25, 0.3) is 0 Å². The molecular formula is C24H27N3O4. The Kier molecular flexibility index (Phi) is 7.45. The van der Waals surface area contributed by atoms with Crippen LogP contribution in [0.15, 0.2) is 60.8 Å². The minimum Gasteiger partial charge on any atom is -0.493 e. The molecule has 3 N–H and O–H groups in total. The van der Waals surface area contributed by atoms with Gasteiger partial charge in [-0.3, -0.25) is 9.78 Å². The number of carbonyl (C=O) groups is 1. The summed E-state index contributed by atoms with van der Waals surface area (Å²) in [4.78, 5) is 16.4. The van der Waals surface area contributed by atoms with Crippen LogP contribution >= 0.6 is 0 Å². The maximum Gasteiger partial charge on any atom is 0.234 e. The van der Waals surface area contributed by atoms with E-state index in [9.17, 15) is 4.79 Å². The molecule has 0 aliphatic rings. The van der Waals surface area contributed by atoms with E-state index >= 15 is 0 Å². The van der Waals surface area contributed by atoms with E-state index in [1.54, 1.807) is 27.5 Å². The van der Waals surface area contributed by atoms with Crippen LogP contribution in [0.2, 0.25) is 0 Å². The van der Waals surface area contributed by atoms with Crippen LogP contribution in [-0.2, 0) is 17.8 Å². The summed E-state index contributed by atoms with van der Waals surface area (Å²) in [5, 5.41) is 3.25. The molecule has 0 fully saturated rings. The highest BCUT2D eigenvalue weighted by Crippen LogP contribution is 2.40. The number of nitrogens with two attached hydrogens (primary N) is 1. The summed E-state index contributed by atoms with van der Waals surface area (Å²) in [6.45, 7) is 0.473. The molecule has 1 amide bonds. The number of hydrogen-bond acceptors (Lipinski definition) is 6. The van der Waals surface area contributed by atoms with Crippen LogP contribution in [0.3, 0.4) is 0 Å². The van der Waals surface area contributed by atoms with E-state index in [4.69, 9.17) is 19.9 Å². The zero-order chi connectivity index (χ0) is 22.2. The van der Waals surface area contributed by atoms with Gasteiger partial charge in [-0.1, -0.05) is 30.3 Å². The number of carbonyl (C=O) groups excluding carboxylic acids is 1. The quantitative estimate of drug-likeness (QED) is 0.523. The van der Waals surface area contributed by atoms with Crippen LogP contribution in [0.1, 0.15) is 11.1 Å². The smallest absolute Gasteiger partial charge is 0.234 e. The van der Waals surface area contributed by atoms with Gasteiger partial charge in [-0.15, -0.1) is 0 Å². The Labute approximate surface area is 182 Å². The van der Waals surface area contributed by atoms with Crippen molar-refractivity contribution in [2.45, 2.75) is 19.0 Å². The molecular weight excluding hydrogens is 394 g/mol. The number of benzene rings is 2. The highest BCUT2D eigenvalue weighted by molar-refractivity contribution is 5.80. The van der Waals surface area contributed by atoms with Crippen molar-refractivity contribution in [1.29, 1.82) is 0 Å². The largest absolute Gasteiger partial charge is 0.493 e. The van der Waals surface area contributed by atoms with E-state index < -0.39 is 6.04 Å². The number of amides is 1. The molecule has 2 aromatic carbocycles. The zero-order valence-electron chi connectivity index (χ0n) is 17.9. The average molecular weight is 421 g/mol. The predicted octanol–water partition coefficient (Wildman–Crippen LogP) is 2.96. The van der Waals surface area contributed by atoms with Gasteiger partial charge < -0.3 is 25.3 Å². The first kappa shape index (κ1) is 22.1. The number of rotatable bonds is 10. The second-order valence-electron chi connectivity index (χ2n) is 6.99. The van der Waals surface area contributed by atoms with Crippen LogP contribution in [0.4, 0.5) is 0 Å². The second kappa shape index (κ2) is 10.4. The van der Waals surface area contributed by atoms with Gasteiger partial charge in [0, 0.05) is 18.3 Å². The van der Waals surface area contributed by atoms with Gasteiger partial charge in [-0.2, -0.15) is 0 Å². The Balaban J connectivity index is 1.79. The molecule has 0 bridgehead atoms. The molecule has 0 aliphatic heterocycles. The fraction of sp³-hybridized carbons (Fsp3) is 0.250. The van der Waals surface area contributed by atoms with Gasteiger partial charge >= 0.3 is 0 Å².